The number of rotatable bonds is 72. The zero-order valence-electron chi connectivity index (χ0n) is 61.4. The van der Waals surface area contributed by atoms with Gasteiger partial charge in [-0.05, 0) is 135 Å². The molecule has 0 aromatic heterocycles. The Kier molecular flexibility index (Phi) is 78.3. The average Bonchev–Trinajstić information content (AvgIpc) is 3.65. The lowest BCUT2D eigenvalue weighted by atomic mass is 10.0. The molecule has 0 fully saturated rings. The van der Waals surface area contributed by atoms with E-state index in [1.807, 2.05) is 0 Å². The summed E-state index contributed by atoms with van der Waals surface area (Å²) < 4.78 is 10.8. The highest BCUT2D eigenvalue weighted by Gasteiger charge is 2.16. The molecule has 0 aliphatic heterocycles. The number of aliphatic hydroxyl groups is 1. The number of unbranched alkanes of at least 4 members (excludes halogenated alkanes) is 36. The van der Waals surface area contributed by atoms with Gasteiger partial charge in [0.2, 0.25) is 0 Å². The van der Waals surface area contributed by atoms with Crippen LogP contribution in [-0.2, 0) is 19.1 Å². The topological polar surface area (TPSA) is 72.8 Å². The fourth-order valence-corrected chi connectivity index (χ4v) is 11.1. The largest absolute Gasteiger partial charge is 0.462 e. The van der Waals surface area contributed by atoms with Crippen molar-refractivity contribution in [1.29, 1.82) is 0 Å². The number of carbonyl (C=O) groups is 2. The number of aliphatic hydroxyl groups excluding tert-OH is 1. The standard InChI is InChI=1S/C89H148O5/c1-3-5-7-9-11-13-15-17-19-21-23-25-27-29-31-33-35-37-39-41-43-44-46-47-49-51-53-55-57-59-61-63-65-67-69-71-73-75-77-79-81-83-88(91)93-86-87(85-90)94-89(92)84-82-80-78-76-74-72-70-68-66-64-62-60-58-56-54-52-50-48-45-42-40-38-36-34-32-30-28-26-24-22-20-18-16-14-12-10-8-6-4-2/h6,8,12,14-15,17-18,20-21,23-24,26-27,29-30,32,36,38,42,45,50,52,56,58,62,64,68,70,87,90H,3-5,7,9-11,13,16,19,22,25,28,31,33-35,37,39-41,43-44,46-49,51,53-55,57,59-61,63,65-67,69,71-86H2,1-2H3/b8-6-,14-12-,17-15-,20-18-,23-21-,26-24-,29-27-,32-30-,38-36-,45-42-,52-50-,58-56-,64-62-,70-68-. The molecule has 0 rings (SSSR count). The number of carbonyl (C=O) groups excluding carboxylic acids is 2. The molecule has 0 aliphatic carbocycles. The number of ether oxygens (including phenoxy) is 2. The molecular weight excluding hydrogens is 1150 g/mol. The first-order valence-corrected chi connectivity index (χ1v) is 39.7. The van der Waals surface area contributed by atoms with Gasteiger partial charge in [0.1, 0.15) is 6.61 Å². The molecule has 0 amide bonds. The number of hydrogen-bond acceptors (Lipinski definition) is 5. The van der Waals surface area contributed by atoms with Gasteiger partial charge in [-0.15, -0.1) is 0 Å². The van der Waals surface area contributed by atoms with Crippen LogP contribution in [0.4, 0.5) is 0 Å². The van der Waals surface area contributed by atoms with Gasteiger partial charge in [0.05, 0.1) is 6.61 Å². The van der Waals surface area contributed by atoms with Crippen LogP contribution in [-0.4, -0.2) is 36.4 Å². The summed E-state index contributed by atoms with van der Waals surface area (Å²) in [4.78, 5) is 24.7. The van der Waals surface area contributed by atoms with E-state index < -0.39 is 6.10 Å². The highest BCUT2D eigenvalue weighted by molar-refractivity contribution is 5.70. The summed E-state index contributed by atoms with van der Waals surface area (Å²) in [6.07, 6.45) is 127. The van der Waals surface area contributed by atoms with E-state index in [2.05, 4.69) is 184 Å². The lowest BCUT2D eigenvalue weighted by Gasteiger charge is -2.15. The quantitative estimate of drug-likeness (QED) is 0.0373. The molecule has 0 saturated carbocycles. The molecule has 1 unspecified atom stereocenters. The van der Waals surface area contributed by atoms with E-state index in [1.165, 1.54) is 193 Å². The van der Waals surface area contributed by atoms with Crippen molar-refractivity contribution < 1.29 is 24.2 Å². The second-order valence-electron chi connectivity index (χ2n) is 26.1. The molecule has 0 radical (unpaired) electrons. The zero-order valence-corrected chi connectivity index (χ0v) is 61.4. The van der Waals surface area contributed by atoms with Gasteiger partial charge in [0.15, 0.2) is 6.10 Å². The van der Waals surface area contributed by atoms with Crippen LogP contribution in [0.5, 0.6) is 0 Å². The van der Waals surface area contributed by atoms with Crippen LogP contribution in [0.15, 0.2) is 170 Å². The van der Waals surface area contributed by atoms with Crippen molar-refractivity contribution in [2.45, 2.75) is 367 Å². The Labute approximate surface area is 583 Å². The summed E-state index contributed by atoms with van der Waals surface area (Å²) in [5.74, 6) is -0.610. The number of allylic oxidation sites excluding steroid dienone is 28. The fraction of sp³-hybridized carbons (Fsp3) is 0.663. The minimum Gasteiger partial charge on any atom is -0.462 e. The fourth-order valence-electron chi connectivity index (χ4n) is 11.1. The Morgan fingerprint density at radius 3 is 0.691 bits per heavy atom. The summed E-state index contributed by atoms with van der Waals surface area (Å²) >= 11 is 0. The van der Waals surface area contributed by atoms with E-state index in [9.17, 15) is 14.7 Å². The van der Waals surface area contributed by atoms with Gasteiger partial charge in [-0.25, -0.2) is 0 Å². The van der Waals surface area contributed by atoms with Crippen LogP contribution in [0.1, 0.15) is 361 Å². The van der Waals surface area contributed by atoms with Crippen LogP contribution >= 0.6 is 0 Å². The van der Waals surface area contributed by atoms with Crippen molar-refractivity contribution in [3.8, 4) is 0 Å². The molecule has 0 spiro atoms. The highest BCUT2D eigenvalue weighted by Crippen LogP contribution is 2.18. The summed E-state index contributed by atoms with van der Waals surface area (Å²) in [6.45, 7) is 4.02. The average molecular weight is 1300 g/mol. The van der Waals surface area contributed by atoms with E-state index in [1.54, 1.807) is 0 Å². The third-order valence-electron chi connectivity index (χ3n) is 17.0. The molecule has 0 bridgehead atoms. The summed E-state index contributed by atoms with van der Waals surface area (Å²) in [5.41, 5.74) is 0. The smallest absolute Gasteiger partial charge is 0.306 e. The normalized spacial score (nSPS) is 13.2. The molecule has 1 atom stereocenters. The third-order valence-corrected chi connectivity index (χ3v) is 17.0. The second-order valence-corrected chi connectivity index (χ2v) is 26.1. The van der Waals surface area contributed by atoms with Gasteiger partial charge >= 0.3 is 11.9 Å². The third kappa shape index (κ3) is 79.7. The van der Waals surface area contributed by atoms with Gasteiger partial charge < -0.3 is 14.6 Å². The minimum absolute atomic E-state index is 0.0800. The maximum atomic E-state index is 12.4. The minimum atomic E-state index is -0.795. The van der Waals surface area contributed by atoms with Gasteiger partial charge in [-0.1, -0.05) is 383 Å². The van der Waals surface area contributed by atoms with Crippen LogP contribution < -0.4 is 0 Å². The van der Waals surface area contributed by atoms with Crippen molar-refractivity contribution >= 4 is 11.9 Å². The maximum absolute atomic E-state index is 12.4. The van der Waals surface area contributed by atoms with Gasteiger partial charge in [0, 0.05) is 12.8 Å². The van der Waals surface area contributed by atoms with Crippen molar-refractivity contribution in [3.05, 3.63) is 170 Å². The second kappa shape index (κ2) is 82.5. The van der Waals surface area contributed by atoms with Crippen molar-refractivity contribution in [3.63, 3.8) is 0 Å². The monoisotopic (exact) mass is 1300 g/mol. The Morgan fingerprint density at radius 1 is 0.255 bits per heavy atom. The van der Waals surface area contributed by atoms with Crippen LogP contribution in [0.2, 0.25) is 0 Å². The number of esters is 2. The predicted molar refractivity (Wildman–Crippen MR) is 417 cm³/mol. The first-order chi connectivity index (χ1) is 46.6. The molecule has 0 aromatic rings. The lowest BCUT2D eigenvalue weighted by molar-refractivity contribution is -0.161. The van der Waals surface area contributed by atoms with Gasteiger partial charge in [-0.3, -0.25) is 9.59 Å². The first kappa shape index (κ1) is 89.3. The molecule has 0 aliphatic rings. The van der Waals surface area contributed by atoms with E-state index >= 15 is 0 Å². The maximum Gasteiger partial charge on any atom is 0.306 e. The Bertz CT molecular complexity index is 2010. The molecule has 534 valence electrons. The van der Waals surface area contributed by atoms with E-state index in [4.69, 9.17) is 9.47 Å². The summed E-state index contributed by atoms with van der Waals surface area (Å²) in [7, 11) is 0. The van der Waals surface area contributed by atoms with E-state index in [0.29, 0.717) is 12.8 Å². The zero-order chi connectivity index (χ0) is 67.5. The Morgan fingerprint density at radius 2 is 0.457 bits per heavy atom. The molecule has 5 heteroatoms. The molecular formula is C89H148O5. The van der Waals surface area contributed by atoms with Crippen molar-refractivity contribution in [2.24, 2.45) is 0 Å². The van der Waals surface area contributed by atoms with E-state index in [-0.39, 0.29) is 25.2 Å². The molecule has 0 aromatic carbocycles. The molecule has 5 nitrogen and oxygen atoms in total. The lowest BCUT2D eigenvalue weighted by Crippen LogP contribution is -2.28. The highest BCUT2D eigenvalue weighted by atomic mass is 16.6. The van der Waals surface area contributed by atoms with Gasteiger partial charge in [-0.2, -0.15) is 0 Å². The Balaban J connectivity index is 3.52. The first-order valence-electron chi connectivity index (χ1n) is 39.7. The van der Waals surface area contributed by atoms with Crippen molar-refractivity contribution in [1.82, 2.24) is 0 Å². The van der Waals surface area contributed by atoms with E-state index in [0.717, 1.165) is 141 Å². The van der Waals surface area contributed by atoms with Crippen LogP contribution in [0, 0.1) is 0 Å². The Hall–Kier alpha value is -4.74. The predicted octanol–water partition coefficient (Wildman–Crippen LogP) is 28.3. The summed E-state index contributed by atoms with van der Waals surface area (Å²) in [6, 6.07) is 0. The molecule has 1 N–H and O–H groups in total. The summed E-state index contributed by atoms with van der Waals surface area (Å²) in [5, 5.41) is 9.72. The van der Waals surface area contributed by atoms with Crippen LogP contribution in [0.3, 0.4) is 0 Å². The molecule has 94 heavy (non-hydrogen) atoms. The SMILES string of the molecule is CC/C=C\C/C=C\C/C=C\C/C=C\C/C=C\C/C=C\C/C=C\C/C=C\C/C=C\C/C=C\C/C=C\CCCCCCCC(=O)OC(CO)COC(=O)CCCCCCCCCCCCCCCCCCCCCCCCCCCC/C=C\C/C=C\C/C=C\CCCCCCC. The van der Waals surface area contributed by atoms with Gasteiger partial charge in [0.25, 0.3) is 0 Å². The molecule has 0 saturated heterocycles. The van der Waals surface area contributed by atoms with Crippen molar-refractivity contribution in [2.75, 3.05) is 13.2 Å². The molecule has 0 heterocycles. The number of hydrogen-bond donors (Lipinski definition) is 1. The van der Waals surface area contributed by atoms with Crippen LogP contribution in [0.25, 0.3) is 0 Å².